The molecular formula is C15H22N2O3. The van der Waals surface area contributed by atoms with Crippen LogP contribution in [0.15, 0.2) is 18.2 Å². The van der Waals surface area contributed by atoms with Crippen molar-refractivity contribution >= 4 is 11.4 Å². The number of nitro benzene ring substituents is 1. The predicted octanol–water partition coefficient (Wildman–Crippen LogP) is 3.88. The van der Waals surface area contributed by atoms with E-state index in [0.29, 0.717) is 12.7 Å². The highest BCUT2D eigenvalue weighted by molar-refractivity contribution is 5.55. The van der Waals surface area contributed by atoms with E-state index in [1.807, 2.05) is 7.05 Å². The number of hydrogen-bond donors (Lipinski definition) is 1. The number of nitrogens with one attached hydrogen (secondary N) is 1. The van der Waals surface area contributed by atoms with Gasteiger partial charge >= 0.3 is 0 Å². The van der Waals surface area contributed by atoms with Crippen molar-refractivity contribution in [3.8, 4) is 0 Å². The molecule has 1 aliphatic rings. The molecule has 1 aromatic carbocycles. The van der Waals surface area contributed by atoms with Crippen LogP contribution in [0.3, 0.4) is 0 Å². The first-order chi connectivity index (χ1) is 9.70. The van der Waals surface area contributed by atoms with Gasteiger partial charge < -0.3 is 10.1 Å². The molecule has 0 unspecified atom stereocenters. The Balaban J connectivity index is 2.02. The first kappa shape index (κ1) is 14.8. The number of rotatable bonds is 5. The van der Waals surface area contributed by atoms with Crippen LogP contribution in [0.25, 0.3) is 0 Å². The van der Waals surface area contributed by atoms with Crippen LogP contribution in [0.4, 0.5) is 11.4 Å². The standard InChI is InChI=1S/C15H22N2O3/c1-16-15-9-8-13(17(18)19)10-12(15)11-20-14-6-4-2-3-5-7-14/h8-10,14,16H,2-7,11H2,1H3. The van der Waals surface area contributed by atoms with Gasteiger partial charge in [-0.15, -0.1) is 0 Å². The summed E-state index contributed by atoms with van der Waals surface area (Å²) in [4.78, 5) is 10.5. The molecule has 0 amide bonds. The van der Waals surface area contributed by atoms with Crippen molar-refractivity contribution in [1.82, 2.24) is 0 Å². The van der Waals surface area contributed by atoms with Crippen LogP contribution in [0.1, 0.15) is 44.1 Å². The Kier molecular flexibility index (Phi) is 5.35. The lowest BCUT2D eigenvalue weighted by Gasteiger charge is -2.17. The normalized spacial score (nSPS) is 16.6. The molecule has 20 heavy (non-hydrogen) atoms. The zero-order valence-corrected chi connectivity index (χ0v) is 11.9. The lowest BCUT2D eigenvalue weighted by molar-refractivity contribution is -0.384. The third-order valence-electron chi connectivity index (χ3n) is 3.85. The zero-order chi connectivity index (χ0) is 14.4. The number of non-ortho nitro benzene ring substituents is 1. The monoisotopic (exact) mass is 278 g/mol. The van der Waals surface area contributed by atoms with Crippen LogP contribution in [0.5, 0.6) is 0 Å². The maximum absolute atomic E-state index is 10.8. The Morgan fingerprint density at radius 3 is 2.60 bits per heavy atom. The first-order valence-electron chi connectivity index (χ1n) is 7.27. The number of anilines is 1. The second-order valence-electron chi connectivity index (χ2n) is 5.27. The van der Waals surface area contributed by atoms with Gasteiger partial charge in [0.15, 0.2) is 0 Å². The molecule has 0 saturated heterocycles. The number of nitro groups is 1. The van der Waals surface area contributed by atoms with Gasteiger partial charge in [-0.3, -0.25) is 10.1 Å². The lowest BCUT2D eigenvalue weighted by atomic mass is 10.1. The molecular weight excluding hydrogens is 256 g/mol. The van der Waals surface area contributed by atoms with E-state index in [1.54, 1.807) is 12.1 Å². The second-order valence-corrected chi connectivity index (χ2v) is 5.27. The van der Waals surface area contributed by atoms with Crippen LogP contribution >= 0.6 is 0 Å². The summed E-state index contributed by atoms with van der Waals surface area (Å²) in [5.41, 5.74) is 1.86. The minimum absolute atomic E-state index is 0.114. The van der Waals surface area contributed by atoms with Crippen LogP contribution < -0.4 is 5.32 Å². The Morgan fingerprint density at radius 2 is 2.00 bits per heavy atom. The molecule has 0 aliphatic heterocycles. The Hall–Kier alpha value is -1.62. The largest absolute Gasteiger partial charge is 0.388 e. The summed E-state index contributed by atoms with van der Waals surface area (Å²) in [7, 11) is 1.82. The van der Waals surface area contributed by atoms with Gasteiger partial charge in [0.05, 0.1) is 17.6 Å². The van der Waals surface area contributed by atoms with E-state index in [1.165, 1.54) is 31.7 Å². The van der Waals surface area contributed by atoms with Crippen molar-refractivity contribution in [3.63, 3.8) is 0 Å². The van der Waals surface area contributed by atoms with Crippen molar-refractivity contribution in [3.05, 3.63) is 33.9 Å². The fraction of sp³-hybridized carbons (Fsp3) is 0.600. The smallest absolute Gasteiger partial charge is 0.269 e. The molecule has 1 N–H and O–H groups in total. The average molecular weight is 278 g/mol. The molecule has 0 atom stereocenters. The van der Waals surface area contributed by atoms with Gasteiger partial charge in [0.2, 0.25) is 0 Å². The summed E-state index contributed by atoms with van der Waals surface area (Å²) in [6, 6.07) is 4.85. The summed E-state index contributed by atoms with van der Waals surface area (Å²) in [5.74, 6) is 0. The van der Waals surface area contributed by atoms with E-state index in [9.17, 15) is 10.1 Å². The van der Waals surface area contributed by atoms with E-state index >= 15 is 0 Å². The third kappa shape index (κ3) is 3.93. The maximum Gasteiger partial charge on any atom is 0.269 e. The van der Waals surface area contributed by atoms with Crippen molar-refractivity contribution in [1.29, 1.82) is 0 Å². The lowest BCUT2D eigenvalue weighted by Crippen LogP contribution is -2.12. The summed E-state index contributed by atoms with van der Waals surface area (Å²) in [5, 5.41) is 13.9. The van der Waals surface area contributed by atoms with Gasteiger partial charge in [-0.25, -0.2) is 0 Å². The fourth-order valence-electron chi connectivity index (χ4n) is 2.67. The minimum atomic E-state index is -0.366. The molecule has 0 aromatic heterocycles. The maximum atomic E-state index is 10.8. The van der Waals surface area contributed by atoms with Gasteiger partial charge in [-0.2, -0.15) is 0 Å². The SMILES string of the molecule is CNc1ccc([N+](=O)[O-])cc1COC1CCCCCC1. The number of ether oxygens (including phenoxy) is 1. The van der Waals surface area contributed by atoms with Crippen molar-refractivity contribution < 1.29 is 9.66 Å². The Labute approximate surface area is 119 Å². The summed E-state index contributed by atoms with van der Waals surface area (Å²) in [6.07, 6.45) is 7.52. The van der Waals surface area contributed by atoms with Crippen molar-refractivity contribution in [2.75, 3.05) is 12.4 Å². The molecule has 110 valence electrons. The van der Waals surface area contributed by atoms with E-state index in [-0.39, 0.29) is 10.6 Å². The molecule has 0 spiro atoms. The van der Waals surface area contributed by atoms with Crippen molar-refractivity contribution in [2.24, 2.45) is 0 Å². The van der Waals surface area contributed by atoms with Crippen LogP contribution in [-0.4, -0.2) is 18.1 Å². The first-order valence-corrected chi connectivity index (χ1v) is 7.27. The molecule has 0 bridgehead atoms. The van der Waals surface area contributed by atoms with E-state index in [2.05, 4.69) is 5.32 Å². The van der Waals surface area contributed by atoms with E-state index in [0.717, 1.165) is 24.1 Å². The van der Waals surface area contributed by atoms with Crippen molar-refractivity contribution in [2.45, 2.75) is 51.2 Å². The molecule has 0 radical (unpaired) electrons. The van der Waals surface area contributed by atoms with Crippen LogP contribution in [0.2, 0.25) is 0 Å². The summed E-state index contributed by atoms with van der Waals surface area (Å²) < 4.78 is 5.96. The Bertz CT molecular complexity index is 454. The van der Waals surface area contributed by atoms with Crippen LogP contribution in [0, 0.1) is 10.1 Å². The van der Waals surface area contributed by atoms with Gasteiger partial charge in [-0.05, 0) is 18.9 Å². The van der Waals surface area contributed by atoms with E-state index in [4.69, 9.17) is 4.74 Å². The second kappa shape index (κ2) is 7.24. The molecule has 1 aliphatic carbocycles. The fourth-order valence-corrected chi connectivity index (χ4v) is 2.67. The highest BCUT2D eigenvalue weighted by Crippen LogP contribution is 2.25. The molecule has 5 nitrogen and oxygen atoms in total. The molecule has 1 fully saturated rings. The molecule has 0 heterocycles. The summed E-state index contributed by atoms with van der Waals surface area (Å²) >= 11 is 0. The van der Waals surface area contributed by atoms with Crippen LogP contribution in [-0.2, 0) is 11.3 Å². The summed E-state index contributed by atoms with van der Waals surface area (Å²) in [6.45, 7) is 0.433. The third-order valence-corrected chi connectivity index (χ3v) is 3.85. The number of benzene rings is 1. The average Bonchev–Trinajstić information content (AvgIpc) is 2.73. The van der Waals surface area contributed by atoms with Gasteiger partial charge in [0.25, 0.3) is 5.69 Å². The number of hydrogen-bond acceptors (Lipinski definition) is 4. The molecule has 5 heteroatoms. The van der Waals surface area contributed by atoms with E-state index < -0.39 is 0 Å². The van der Waals surface area contributed by atoms with Gasteiger partial charge in [0, 0.05) is 30.4 Å². The molecule has 1 saturated carbocycles. The topological polar surface area (TPSA) is 64.4 Å². The number of nitrogens with zero attached hydrogens (tertiary/aromatic N) is 1. The highest BCUT2D eigenvalue weighted by Gasteiger charge is 2.15. The quantitative estimate of drug-likeness (QED) is 0.504. The van der Waals surface area contributed by atoms with Gasteiger partial charge in [0.1, 0.15) is 0 Å². The Morgan fingerprint density at radius 1 is 1.30 bits per heavy atom. The predicted molar refractivity (Wildman–Crippen MR) is 78.9 cm³/mol. The molecule has 1 aromatic rings. The minimum Gasteiger partial charge on any atom is -0.388 e. The zero-order valence-electron chi connectivity index (χ0n) is 11.9. The highest BCUT2D eigenvalue weighted by atomic mass is 16.6. The van der Waals surface area contributed by atoms with Gasteiger partial charge in [-0.1, -0.05) is 25.7 Å². The molecule has 2 rings (SSSR count).